The van der Waals surface area contributed by atoms with Crippen molar-refractivity contribution in [2.24, 2.45) is 14.1 Å². The molecule has 2 aromatic heterocycles. The minimum absolute atomic E-state index is 0.0211. The third-order valence-electron chi connectivity index (χ3n) is 5.99. The van der Waals surface area contributed by atoms with Gasteiger partial charge in [0.1, 0.15) is 18.3 Å². The van der Waals surface area contributed by atoms with Gasteiger partial charge >= 0.3 is 11.7 Å². The first-order valence-electron chi connectivity index (χ1n) is 10.8. The van der Waals surface area contributed by atoms with E-state index in [0.717, 1.165) is 4.57 Å². The normalized spacial score (nSPS) is 24.6. The van der Waals surface area contributed by atoms with Crippen molar-refractivity contribution in [1.82, 2.24) is 23.6 Å². The number of imidazole rings is 1. The number of hydrogen-bond acceptors (Lipinski definition) is 10. The summed E-state index contributed by atoms with van der Waals surface area (Å²) < 4.78 is 14.7. The molecule has 4 heterocycles. The predicted octanol–water partition coefficient (Wildman–Crippen LogP) is -2.44. The molecule has 2 aliphatic rings. The number of allylic oxidation sites excluding steroid dienone is 2. The van der Waals surface area contributed by atoms with Crippen LogP contribution in [0, 0.1) is 0 Å². The first kappa shape index (κ1) is 23.9. The van der Waals surface area contributed by atoms with Crippen molar-refractivity contribution >= 4 is 17.1 Å². The fraction of sp³-hybridized carbons (Fsp3) is 0.524. The quantitative estimate of drug-likeness (QED) is 0.289. The third kappa shape index (κ3) is 4.18. The molecule has 0 saturated carbocycles. The third-order valence-corrected chi connectivity index (χ3v) is 5.99. The summed E-state index contributed by atoms with van der Waals surface area (Å²) in [6.07, 6.45) is 2.12. The average molecular weight is 477 g/mol. The second kappa shape index (κ2) is 9.54. The molecule has 184 valence electrons. The number of nitrogens with zero attached hydrogens (tertiary/aromatic N) is 5. The predicted molar refractivity (Wildman–Crippen MR) is 117 cm³/mol. The van der Waals surface area contributed by atoms with Gasteiger partial charge < -0.3 is 34.3 Å². The smallest absolute Gasteiger partial charge is 0.335 e. The van der Waals surface area contributed by atoms with Crippen LogP contribution in [0.4, 0.5) is 0 Å². The van der Waals surface area contributed by atoms with Crippen molar-refractivity contribution in [3.8, 4) is 0 Å². The summed E-state index contributed by atoms with van der Waals surface area (Å²) in [5, 5.41) is 29.4. The Hall–Kier alpha value is -3.26. The molecule has 13 nitrogen and oxygen atoms in total. The van der Waals surface area contributed by atoms with Gasteiger partial charge in [-0.1, -0.05) is 0 Å². The van der Waals surface area contributed by atoms with E-state index in [1.807, 2.05) is 0 Å². The van der Waals surface area contributed by atoms with Crippen LogP contribution >= 0.6 is 0 Å². The molecule has 3 N–H and O–H groups in total. The van der Waals surface area contributed by atoms with Gasteiger partial charge in [0.05, 0.1) is 31.7 Å². The molecule has 0 bridgehead atoms. The highest BCUT2D eigenvalue weighted by Crippen LogP contribution is 2.26. The number of rotatable bonds is 7. The highest BCUT2D eigenvalue weighted by Gasteiger charge is 2.45. The highest BCUT2D eigenvalue weighted by atomic mass is 16.6. The summed E-state index contributed by atoms with van der Waals surface area (Å²) >= 11 is 0. The van der Waals surface area contributed by atoms with Crippen LogP contribution in [0.3, 0.4) is 0 Å². The van der Waals surface area contributed by atoms with Gasteiger partial charge in [0, 0.05) is 26.8 Å². The molecular formula is C21H27N5O8. The van der Waals surface area contributed by atoms with E-state index in [0.29, 0.717) is 16.7 Å². The van der Waals surface area contributed by atoms with E-state index in [-0.39, 0.29) is 26.1 Å². The van der Waals surface area contributed by atoms with E-state index in [2.05, 4.69) is 4.98 Å². The Morgan fingerprint density at radius 1 is 1.26 bits per heavy atom. The van der Waals surface area contributed by atoms with Crippen LogP contribution in [-0.2, 0) is 34.9 Å². The molecule has 0 unspecified atom stereocenters. The molecule has 0 spiro atoms. The van der Waals surface area contributed by atoms with Crippen molar-refractivity contribution in [2.45, 2.75) is 37.5 Å². The van der Waals surface area contributed by atoms with Gasteiger partial charge in [0.2, 0.25) is 0 Å². The number of esters is 1. The van der Waals surface area contributed by atoms with Crippen molar-refractivity contribution < 1.29 is 29.6 Å². The summed E-state index contributed by atoms with van der Waals surface area (Å²) in [7, 11) is 3.21. The summed E-state index contributed by atoms with van der Waals surface area (Å²) in [5.41, 5.74) is -0.0560. The number of fused-ring (bicyclic) bond motifs is 1. The molecule has 2 aliphatic heterocycles. The van der Waals surface area contributed by atoms with E-state index >= 15 is 0 Å². The van der Waals surface area contributed by atoms with E-state index < -0.39 is 48.4 Å². The van der Waals surface area contributed by atoms with Gasteiger partial charge in [-0.05, 0) is 18.6 Å². The molecule has 0 aliphatic carbocycles. The maximum absolute atomic E-state index is 12.7. The van der Waals surface area contributed by atoms with Crippen molar-refractivity contribution in [2.75, 3.05) is 19.8 Å². The standard InChI is InChI=1S/C21H27N5O8/c1-23-11-22-17-14(23)18(30)26(21(32)24(17)2)7-4-8-33-20(31)12-5-3-6-25(9-12)19-16(29)15(28)13(10-27)34-19/h3,5-6,11,13,15-16,19,27-29H,4,7-10H2,1-2H3/t13-,15-,16-,19-/m1/s1. The van der Waals surface area contributed by atoms with Gasteiger partial charge in [-0.3, -0.25) is 13.9 Å². The van der Waals surface area contributed by atoms with E-state index in [9.17, 15) is 29.7 Å². The summed E-state index contributed by atoms with van der Waals surface area (Å²) in [5.74, 6) is -0.594. The zero-order valence-electron chi connectivity index (χ0n) is 18.8. The minimum Gasteiger partial charge on any atom is -0.462 e. The van der Waals surface area contributed by atoms with Crippen LogP contribution < -0.4 is 11.2 Å². The first-order chi connectivity index (χ1) is 16.2. The molecule has 4 atom stereocenters. The Bertz CT molecular complexity index is 1260. The molecule has 0 amide bonds. The van der Waals surface area contributed by atoms with Crippen LogP contribution in [0.25, 0.3) is 11.2 Å². The second-order valence-corrected chi connectivity index (χ2v) is 8.25. The van der Waals surface area contributed by atoms with Crippen molar-refractivity contribution in [1.29, 1.82) is 0 Å². The van der Waals surface area contributed by atoms with E-state index in [1.165, 1.54) is 22.8 Å². The zero-order valence-corrected chi connectivity index (χ0v) is 18.8. The number of aryl methyl sites for hydroxylation is 2. The Kier molecular flexibility index (Phi) is 6.70. The highest BCUT2D eigenvalue weighted by molar-refractivity contribution is 5.89. The lowest BCUT2D eigenvalue weighted by molar-refractivity contribution is -0.140. The lowest BCUT2D eigenvalue weighted by Gasteiger charge is -2.31. The van der Waals surface area contributed by atoms with Gasteiger partial charge in [-0.2, -0.15) is 0 Å². The van der Waals surface area contributed by atoms with Crippen LogP contribution in [0.1, 0.15) is 6.42 Å². The number of aliphatic hydroxyl groups excluding tert-OH is 3. The van der Waals surface area contributed by atoms with Gasteiger partial charge in [-0.15, -0.1) is 0 Å². The van der Waals surface area contributed by atoms with Gasteiger partial charge in [0.15, 0.2) is 17.4 Å². The molecule has 34 heavy (non-hydrogen) atoms. The van der Waals surface area contributed by atoms with E-state index in [1.54, 1.807) is 30.0 Å². The minimum atomic E-state index is -1.25. The molecule has 1 saturated heterocycles. The largest absolute Gasteiger partial charge is 0.462 e. The average Bonchev–Trinajstić information content (AvgIpc) is 3.36. The maximum atomic E-state index is 12.7. The molecule has 2 aromatic rings. The van der Waals surface area contributed by atoms with Crippen LogP contribution in [0.15, 0.2) is 39.8 Å². The van der Waals surface area contributed by atoms with Gasteiger partial charge in [-0.25, -0.2) is 14.6 Å². The van der Waals surface area contributed by atoms with E-state index in [4.69, 9.17) is 9.47 Å². The van der Waals surface area contributed by atoms with Crippen molar-refractivity contribution in [3.63, 3.8) is 0 Å². The summed E-state index contributed by atoms with van der Waals surface area (Å²) in [4.78, 5) is 43.4. The number of hydrogen-bond donors (Lipinski definition) is 3. The second-order valence-electron chi connectivity index (χ2n) is 8.25. The summed E-state index contributed by atoms with van der Waals surface area (Å²) in [6, 6.07) is 0. The molecule has 0 radical (unpaired) electrons. The van der Waals surface area contributed by atoms with Gasteiger partial charge in [0.25, 0.3) is 5.56 Å². The number of carbonyl (C=O) groups excluding carboxylic acids is 1. The number of aromatic nitrogens is 4. The maximum Gasteiger partial charge on any atom is 0.335 e. The SMILES string of the molecule is Cn1cnc2c1c(=O)n(CCCOC(=O)C1=CC=CN([C@@H]3O[C@H](CO)[C@@H](O)[C@H]3O)C1)c(=O)n2C. The van der Waals surface area contributed by atoms with Crippen molar-refractivity contribution in [3.05, 3.63) is 51.1 Å². The van der Waals surface area contributed by atoms with Crippen LogP contribution in [-0.4, -0.2) is 89.2 Å². The number of ether oxygens (including phenoxy) is 2. The monoisotopic (exact) mass is 477 g/mol. The molecule has 0 aromatic carbocycles. The fourth-order valence-electron chi connectivity index (χ4n) is 4.11. The molecule has 4 rings (SSSR count). The summed E-state index contributed by atoms with van der Waals surface area (Å²) in [6.45, 7) is -0.337. The first-order valence-corrected chi connectivity index (χ1v) is 10.8. The fourth-order valence-corrected chi connectivity index (χ4v) is 4.11. The molecular weight excluding hydrogens is 450 g/mol. The zero-order chi connectivity index (χ0) is 24.6. The van der Waals surface area contributed by atoms with Crippen LogP contribution in [0.2, 0.25) is 0 Å². The lowest BCUT2D eigenvalue weighted by atomic mass is 10.1. The Labute approximate surface area is 193 Å². The number of carbonyl (C=O) groups is 1. The Morgan fingerprint density at radius 3 is 2.74 bits per heavy atom. The Morgan fingerprint density at radius 2 is 2.03 bits per heavy atom. The Balaban J connectivity index is 1.34. The molecule has 1 fully saturated rings. The molecule has 13 heteroatoms. The topological polar surface area (TPSA) is 161 Å². The lowest BCUT2D eigenvalue weighted by Crippen LogP contribution is -2.43. The number of aliphatic hydroxyl groups is 3. The van der Waals surface area contributed by atoms with Crippen LogP contribution in [0.5, 0.6) is 0 Å².